The standard InChI is InChI=1S/C11H7ClF2N2O/c12-8-3-1-7(2-4-8)11(13,14)9-5-10(17)16-6-15-9/h1-6H,(H,15,16,17). The number of aromatic amines is 1. The molecule has 0 saturated heterocycles. The normalized spacial score (nSPS) is 11.5. The third kappa shape index (κ3) is 2.34. The van der Waals surface area contributed by atoms with Crippen molar-refractivity contribution < 1.29 is 8.78 Å². The lowest BCUT2D eigenvalue weighted by Crippen LogP contribution is -2.20. The molecule has 2 aromatic rings. The summed E-state index contributed by atoms with van der Waals surface area (Å²) < 4.78 is 27.9. The van der Waals surface area contributed by atoms with Crippen LogP contribution in [0.25, 0.3) is 0 Å². The number of aromatic nitrogens is 2. The van der Waals surface area contributed by atoms with Gasteiger partial charge in [0.25, 0.3) is 5.56 Å². The summed E-state index contributed by atoms with van der Waals surface area (Å²) in [6, 6.07) is 5.89. The Bertz CT molecular complexity index is 581. The molecule has 88 valence electrons. The van der Waals surface area contributed by atoms with Crippen molar-refractivity contribution in [2.75, 3.05) is 0 Å². The van der Waals surface area contributed by atoms with Crippen LogP contribution in [0.2, 0.25) is 5.02 Å². The predicted molar refractivity (Wildman–Crippen MR) is 59.3 cm³/mol. The van der Waals surface area contributed by atoms with Crippen LogP contribution in [-0.4, -0.2) is 9.97 Å². The van der Waals surface area contributed by atoms with E-state index in [1.54, 1.807) is 0 Å². The van der Waals surface area contributed by atoms with E-state index in [1.165, 1.54) is 24.3 Å². The van der Waals surface area contributed by atoms with E-state index >= 15 is 0 Å². The fourth-order valence-electron chi connectivity index (χ4n) is 1.35. The second kappa shape index (κ2) is 4.25. The Morgan fingerprint density at radius 1 is 1.24 bits per heavy atom. The smallest absolute Gasteiger partial charge is 0.313 e. The first kappa shape index (κ1) is 11.7. The lowest BCUT2D eigenvalue weighted by molar-refractivity contribution is 0.0377. The monoisotopic (exact) mass is 256 g/mol. The number of halogens is 3. The average molecular weight is 257 g/mol. The van der Waals surface area contributed by atoms with E-state index in [4.69, 9.17) is 11.6 Å². The SMILES string of the molecule is O=c1cc(C(F)(F)c2ccc(Cl)cc2)nc[nH]1. The molecule has 0 unspecified atom stereocenters. The Balaban J connectivity index is 2.49. The van der Waals surface area contributed by atoms with Gasteiger partial charge in [-0.15, -0.1) is 0 Å². The second-order valence-electron chi connectivity index (χ2n) is 3.38. The number of hydrogen-bond donors (Lipinski definition) is 1. The van der Waals surface area contributed by atoms with Crippen molar-refractivity contribution in [1.82, 2.24) is 9.97 Å². The van der Waals surface area contributed by atoms with Gasteiger partial charge >= 0.3 is 5.92 Å². The maximum atomic E-state index is 13.9. The summed E-state index contributed by atoms with van der Waals surface area (Å²) in [7, 11) is 0. The first-order chi connectivity index (χ1) is 8.00. The summed E-state index contributed by atoms with van der Waals surface area (Å²) >= 11 is 5.62. The van der Waals surface area contributed by atoms with Gasteiger partial charge in [-0.1, -0.05) is 23.7 Å². The highest BCUT2D eigenvalue weighted by Crippen LogP contribution is 2.33. The highest BCUT2D eigenvalue weighted by Gasteiger charge is 2.35. The Labute approximate surface area is 100 Å². The van der Waals surface area contributed by atoms with Gasteiger partial charge in [-0.2, -0.15) is 8.78 Å². The van der Waals surface area contributed by atoms with Crippen LogP contribution >= 0.6 is 11.6 Å². The van der Waals surface area contributed by atoms with E-state index in [0.29, 0.717) is 5.02 Å². The third-order valence-corrected chi connectivity index (χ3v) is 2.46. The molecule has 0 aliphatic rings. The largest absolute Gasteiger partial charge is 0.315 e. The number of alkyl halides is 2. The Morgan fingerprint density at radius 3 is 2.47 bits per heavy atom. The van der Waals surface area contributed by atoms with Crippen molar-refractivity contribution >= 4 is 11.6 Å². The van der Waals surface area contributed by atoms with Crippen molar-refractivity contribution in [3.8, 4) is 0 Å². The predicted octanol–water partition coefficient (Wildman–Crippen LogP) is 2.56. The van der Waals surface area contributed by atoms with Crippen molar-refractivity contribution in [1.29, 1.82) is 0 Å². The molecule has 0 aliphatic carbocycles. The molecule has 2 rings (SSSR count). The van der Waals surface area contributed by atoms with Crippen molar-refractivity contribution in [3.05, 3.63) is 63.3 Å². The number of rotatable bonds is 2. The van der Waals surface area contributed by atoms with Crippen molar-refractivity contribution in [2.45, 2.75) is 5.92 Å². The van der Waals surface area contributed by atoms with E-state index in [2.05, 4.69) is 9.97 Å². The molecule has 17 heavy (non-hydrogen) atoms. The van der Waals surface area contributed by atoms with Gasteiger partial charge in [0.15, 0.2) is 0 Å². The number of benzene rings is 1. The first-order valence-corrected chi connectivity index (χ1v) is 5.07. The molecule has 1 heterocycles. The third-order valence-electron chi connectivity index (χ3n) is 2.21. The minimum Gasteiger partial charge on any atom is -0.313 e. The van der Waals surface area contributed by atoms with Gasteiger partial charge in [0.1, 0.15) is 5.69 Å². The maximum Gasteiger partial charge on any atom is 0.315 e. The highest BCUT2D eigenvalue weighted by atomic mass is 35.5. The van der Waals surface area contributed by atoms with Gasteiger partial charge in [-0.05, 0) is 12.1 Å². The highest BCUT2D eigenvalue weighted by molar-refractivity contribution is 6.30. The zero-order valence-corrected chi connectivity index (χ0v) is 9.21. The minimum absolute atomic E-state index is 0.264. The summed E-state index contributed by atoms with van der Waals surface area (Å²) in [5.41, 5.74) is -1.48. The molecule has 0 aliphatic heterocycles. The van der Waals surface area contributed by atoms with E-state index in [-0.39, 0.29) is 5.56 Å². The van der Waals surface area contributed by atoms with Crippen molar-refractivity contribution in [3.63, 3.8) is 0 Å². The molecule has 0 fully saturated rings. The molecule has 0 atom stereocenters. The molecular formula is C11H7ClF2N2O. The van der Waals surface area contributed by atoms with Crippen LogP contribution < -0.4 is 5.56 Å². The van der Waals surface area contributed by atoms with Gasteiger partial charge < -0.3 is 4.98 Å². The molecule has 0 saturated carbocycles. The average Bonchev–Trinajstić information content (AvgIpc) is 2.29. The summed E-state index contributed by atoms with van der Waals surface area (Å²) in [5.74, 6) is -3.32. The van der Waals surface area contributed by atoms with Crippen LogP contribution in [0.1, 0.15) is 11.3 Å². The number of nitrogens with one attached hydrogen (secondary N) is 1. The summed E-state index contributed by atoms with van der Waals surface area (Å²) in [6.45, 7) is 0. The van der Waals surface area contributed by atoms with Gasteiger partial charge in [-0.3, -0.25) is 4.79 Å². The molecule has 0 bridgehead atoms. The summed E-state index contributed by atoms with van der Waals surface area (Å²) in [4.78, 5) is 16.6. The second-order valence-corrected chi connectivity index (χ2v) is 3.81. The Morgan fingerprint density at radius 2 is 1.88 bits per heavy atom. The molecule has 0 amide bonds. The number of hydrogen-bond acceptors (Lipinski definition) is 2. The van der Waals surface area contributed by atoms with Crippen LogP contribution in [0, 0.1) is 0 Å². The molecular weight excluding hydrogens is 250 g/mol. The fraction of sp³-hybridized carbons (Fsp3) is 0.0909. The molecule has 0 radical (unpaired) electrons. The van der Waals surface area contributed by atoms with Crippen LogP contribution in [-0.2, 0) is 5.92 Å². The lowest BCUT2D eigenvalue weighted by Gasteiger charge is -2.15. The van der Waals surface area contributed by atoms with Gasteiger partial charge in [0.2, 0.25) is 0 Å². The fourth-order valence-corrected chi connectivity index (χ4v) is 1.47. The van der Waals surface area contributed by atoms with E-state index < -0.39 is 17.2 Å². The maximum absolute atomic E-state index is 13.9. The Kier molecular flexibility index (Phi) is 2.93. The van der Waals surface area contributed by atoms with E-state index in [9.17, 15) is 13.6 Å². The van der Waals surface area contributed by atoms with Crippen LogP contribution in [0.5, 0.6) is 0 Å². The van der Waals surface area contributed by atoms with Crippen LogP contribution in [0.3, 0.4) is 0 Å². The van der Waals surface area contributed by atoms with Gasteiger partial charge in [0.05, 0.1) is 6.33 Å². The zero-order valence-electron chi connectivity index (χ0n) is 8.45. The molecule has 1 N–H and O–H groups in total. The molecule has 1 aromatic carbocycles. The van der Waals surface area contributed by atoms with E-state index in [0.717, 1.165) is 12.4 Å². The van der Waals surface area contributed by atoms with Gasteiger partial charge in [-0.25, -0.2) is 4.98 Å². The molecule has 3 nitrogen and oxygen atoms in total. The number of nitrogens with zero attached hydrogens (tertiary/aromatic N) is 1. The quantitative estimate of drug-likeness (QED) is 0.898. The molecule has 1 aromatic heterocycles. The Hall–Kier alpha value is -1.75. The van der Waals surface area contributed by atoms with Crippen LogP contribution in [0.15, 0.2) is 41.5 Å². The van der Waals surface area contributed by atoms with Crippen molar-refractivity contribution in [2.24, 2.45) is 0 Å². The zero-order chi connectivity index (χ0) is 12.5. The number of H-pyrrole nitrogens is 1. The summed E-state index contributed by atoms with van der Waals surface area (Å²) in [5, 5.41) is 0.364. The van der Waals surface area contributed by atoms with Gasteiger partial charge in [0, 0.05) is 16.7 Å². The molecule has 6 heteroatoms. The topological polar surface area (TPSA) is 45.8 Å². The summed E-state index contributed by atoms with van der Waals surface area (Å²) in [6.07, 6.45) is 0.946. The lowest BCUT2D eigenvalue weighted by atomic mass is 10.1. The minimum atomic E-state index is -3.32. The van der Waals surface area contributed by atoms with E-state index in [1.807, 2.05) is 0 Å². The molecule has 0 spiro atoms. The van der Waals surface area contributed by atoms with Crippen LogP contribution in [0.4, 0.5) is 8.78 Å². The first-order valence-electron chi connectivity index (χ1n) is 4.69.